The van der Waals surface area contributed by atoms with Crippen LogP contribution in [0.1, 0.15) is 12.5 Å². The van der Waals surface area contributed by atoms with Gasteiger partial charge in [0.2, 0.25) is 0 Å². The molecule has 0 spiro atoms. The summed E-state index contributed by atoms with van der Waals surface area (Å²) in [6, 6.07) is 10.9. The number of hydrogen-bond donors (Lipinski definition) is 0. The van der Waals surface area contributed by atoms with Gasteiger partial charge in [-0.15, -0.1) is 0 Å². The Labute approximate surface area is 119 Å². The van der Waals surface area contributed by atoms with E-state index in [2.05, 4.69) is 48.2 Å². The Kier molecular flexibility index (Phi) is 3.74. The van der Waals surface area contributed by atoms with Gasteiger partial charge in [-0.25, -0.2) is 4.79 Å². The molecule has 0 saturated carbocycles. The highest BCUT2D eigenvalue weighted by atomic mass is 16.6. The Bertz CT molecular complexity index is 500. The van der Waals surface area contributed by atoms with Gasteiger partial charge in [-0.2, -0.15) is 0 Å². The van der Waals surface area contributed by atoms with Crippen molar-refractivity contribution in [2.75, 3.05) is 19.7 Å². The third-order valence-electron chi connectivity index (χ3n) is 4.12. The predicted octanol–water partition coefficient (Wildman–Crippen LogP) is 2.27. The summed E-state index contributed by atoms with van der Waals surface area (Å²) >= 11 is 0. The topological polar surface area (TPSA) is 32.8 Å². The van der Waals surface area contributed by atoms with Crippen LogP contribution in [0, 0.1) is 0 Å². The highest BCUT2D eigenvalue weighted by molar-refractivity contribution is 5.70. The van der Waals surface area contributed by atoms with E-state index in [4.69, 9.17) is 4.74 Å². The molecule has 2 aliphatic rings. The molecule has 2 heterocycles. The first-order valence-corrected chi connectivity index (χ1v) is 7.14. The van der Waals surface area contributed by atoms with Gasteiger partial charge in [0.15, 0.2) is 0 Å². The molecule has 20 heavy (non-hydrogen) atoms. The van der Waals surface area contributed by atoms with Crippen LogP contribution in [0.4, 0.5) is 4.79 Å². The number of rotatable bonds is 3. The van der Waals surface area contributed by atoms with Gasteiger partial charge >= 0.3 is 6.09 Å². The summed E-state index contributed by atoms with van der Waals surface area (Å²) in [6.45, 7) is 5.22. The van der Waals surface area contributed by atoms with Gasteiger partial charge in [0.1, 0.15) is 6.61 Å². The third-order valence-corrected chi connectivity index (χ3v) is 4.12. The lowest BCUT2D eigenvalue weighted by atomic mass is 10.0. The maximum absolute atomic E-state index is 11.7. The monoisotopic (exact) mass is 272 g/mol. The van der Waals surface area contributed by atoms with Gasteiger partial charge in [0.05, 0.1) is 12.6 Å². The summed E-state index contributed by atoms with van der Waals surface area (Å²) in [4.78, 5) is 16.0. The Morgan fingerprint density at radius 1 is 1.30 bits per heavy atom. The summed E-state index contributed by atoms with van der Waals surface area (Å²) in [6.07, 6.45) is 4.10. The van der Waals surface area contributed by atoms with Crippen molar-refractivity contribution >= 4 is 6.09 Å². The van der Waals surface area contributed by atoms with Crippen LogP contribution in [-0.4, -0.2) is 47.7 Å². The van der Waals surface area contributed by atoms with Gasteiger partial charge < -0.3 is 4.74 Å². The average molecular weight is 272 g/mol. The largest absolute Gasteiger partial charge is 0.448 e. The summed E-state index contributed by atoms with van der Waals surface area (Å²) < 4.78 is 5.06. The van der Waals surface area contributed by atoms with Crippen molar-refractivity contribution in [2.24, 2.45) is 0 Å². The zero-order valence-electron chi connectivity index (χ0n) is 11.7. The third kappa shape index (κ3) is 2.56. The molecule has 0 radical (unpaired) electrons. The maximum atomic E-state index is 11.7. The van der Waals surface area contributed by atoms with Crippen LogP contribution in [0.15, 0.2) is 42.5 Å². The lowest BCUT2D eigenvalue weighted by molar-refractivity contribution is 0.114. The van der Waals surface area contributed by atoms with E-state index in [1.165, 1.54) is 5.56 Å². The molecule has 0 bridgehead atoms. The van der Waals surface area contributed by atoms with Crippen LogP contribution in [-0.2, 0) is 11.3 Å². The fourth-order valence-corrected chi connectivity index (χ4v) is 2.95. The lowest BCUT2D eigenvalue weighted by Gasteiger charge is -2.39. The van der Waals surface area contributed by atoms with E-state index in [0.29, 0.717) is 19.2 Å². The van der Waals surface area contributed by atoms with Crippen LogP contribution in [0.3, 0.4) is 0 Å². The van der Waals surface area contributed by atoms with E-state index in [1.54, 1.807) is 0 Å². The highest BCUT2D eigenvalue weighted by Gasteiger charge is 2.35. The fraction of sp³-hybridized carbons (Fsp3) is 0.438. The Hall–Kier alpha value is -1.81. The fourth-order valence-electron chi connectivity index (χ4n) is 2.95. The zero-order valence-corrected chi connectivity index (χ0v) is 11.7. The highest BCUT2D eigenvalue weighted by Crippen LogP contribution is 2.22. The van der Waals surface area contributed by atoms with E-state index in [-0.39, 0.29) is 12.1 Å². The van der Waals surface area contributed by atoms with Crippen LogP contribution in [0.2, 0.25) is 0 Å². The molecule has 1 fully saturated rings. The normalized spacial score (nSPS) is 26.9. The molecule has 4 nitrogen and oxygen atoms in total. The first-order valence-electron chi connectivity index (χ1n) is 7.14. The zero-order chi connectivity index (χ0) is 13.9. The van der Waals surface area contributed by atoms with Gasteiger partial charge in [0, 0.05) is 19.1 Å². The van der Waals surface area contributed by atoms with Crippen molar-refractivity contribution in [3.05, 3.63) is 48.0 Å². The minimum atomic E-state index is -0.187. The van der Waals surface area contributed by atoms with Gasteiger partial charge in [-0.3, -0.25) is 9.80 Å². The van der Waals surface area contributed by atoms with E-state index in [0.717, 1.165) is 13.1 Å². The van der Waals surface area contributed by atoms with Gasteiger partial charge in [0.25, 0.3) is 0 Å². The number of benzene rings is 1. The molecule has 1 saturated heterocycles. The van der Waals surface area contributed by atoms with Crippen molar-refractivity contribution in [3.63, 3.8) is 0 Å². The Balaban J connectivity index is 1.72. The molecule has 2 atom stereocenters. The van der Waals surface area contributed by atoms with Gasteiger partial charge in [-0.1, -0.05) is 42.5 Å². The SMILES string of the molecule is C[C@@H]1[C@@H](N2CCOC2=O)C=CCN1Cc1ccccc1. The first kappa shape index (κ1) is 13.2. The molecular weight excluding hydrogens is 252 g/mol. The quantitative estimate of drug-likeness (QED) is 0.791. The van der Waals surface area contributed by atoms with E-state index in [1.807, 2.05) is 11.0 Å². The standard InChI is InChI=1S/C16H20N2O2/c1-13-15(18-10-11-20-16(18)19)8-5-9-17(13)12-14-6-3-2-4-7-14/h2-8,13,15H,9-12H2,1H3/t13-,15+/m1/s1. The molecule has 1 aromatic rings. The second-order valence-electron chi connectivity index (χ2n) is 5.38. The van der Waals surface area contributed by atoms with Crippen molar-refractivity contribution in [2.45, 2.75) is 25.6 Å². The molecule has 1 aromatic carbocycles. The van der Waals surface area contributed by atoms with Crippen LogP contribution >= 0.6 is 0 Å². The molecule has 3 rings (SSSR count). The van der Waals surface area contributed by atoms with Crippen LogP contribution in [0.5, 0.6) is 0 Å². The minimum Gasteiger partial charge on any atom is -0.448 e. The van der Waals surface area contributed by atoms with E-state index < -0.39 is 0 Å². The number of carbonyl (C=O) groups is 1. The van der Waals surface area contributed by atoms with E-state index >= 15 is 0 Å². The van der Waals surface area contributed by atoms with Crippen LogP contribution in [0.25, 0.3) is 0 Å². The van der Waals surface area contributed by atoms with Crippen molar-refractivity contribution in [1.82, 2.24) is 9.80 Å². The minimum absolute atomic E-state index is 0.113. The number of nitrogens with zero attached hydrogens (tertiary/aromatic N) is 2. The molecule has 0 N–H and O–H groups in total. The number of ether oxygens (including phenoxy) is 1. The molecule has 106 valence electrons. The average Bonchev–Trinajstić information content (AvgIpc) is 2.88. The molecule has 0 unspecified atom stereocenters. The van der Waals surface area contributed by atoms with Crippen molar-refractivity contribution in [1.29, 1.82) is 0 Å². The maximum Gasteiger partial charge on any atom is 0.410 e. The molecule has 0 aliphatic carbocycles. The molecular formula is C16H20N2O2. The second kappa shape index (κ2) is 5.67. The summed E-state index contributed by atoms with van der Waals surface area (Å²) in [5.74, 6) is 0. The number of cyclic esters (lactones) is 1. The summed E-state index contributed by atoms with van der Waals surface area (Å²) in [5, 5.41) is 0. The Morgan fingerprint density at radius 3 is 2.80 bits per heavy atom. The Morgan fingerprint density at radius 2 is 2.10 bits per heavy atom. The van der Waals surface area contributed by atoms with E-state index in [9.17, 15) is 4.79 Å². The number of hydrogen-bond acceptors (Lipinski definition) is 3. The second-order valence-corrected chi connectivity index (χ2v) is 5.38. The number of amides is 1. The summed E-state index contributed by atoms with van der Waals surface area (Å²) in [7, 11) is 0. The molecule has 4 heteroatoms. The molecule has 1 amide bonds. The lowest BCUT2D eigenvalue weighted by Crippen LogP contribution is -2.51. The molecule has 0 aromatic heterocycles. The van der Waals surface area contributed by atoms with Gasteiger partial charge in [-0.05, 0) is 12.5 Å². The van der Waals surface area contributed by atoms with Crippen LogP contribution < -0.4 is 0 Å². The first-order chi connectivity index (χ1) is 9.75. The van der Waals surface area contributed by atoms with Crippen molar-refractivity contribution < 1.29 is 9.53 Å². The predicted molar refractivity (Wildman–Crippen MR) is 77.3 cm³/mol. The number of carbonyl (C=O) groups excluding carboxylic acids is 1. The summed E-state index contributed by atoms with van der Waals surface area (Å²) in [5.41, 5.74) is 1.30. The molecule has 2 aliphatic heterocycles. The smallest absolute Gasteiger partial charge is 0.410 e. The van der Waals surface area contributed by atoms with Crippen molar-refractivity contribution in [3.8, 4) is 0 Å².